The smallest absolute Gasteiger partial charge is 0.187 e. The molecule has 2 nitrogen and oxygen atoms in total. The van der Waals surface area contributed by atoms with Crippen molar-refractivity contribution < 1.29 is 4.79 Å². The van der Waals surface area contributed by atoms with E-state index in [9.17, 15) is 4.79 Å². The summed E-state index contributed by atoms with van der Waals surface area (Å²) in [5.41, 5.74) is 3.67. The minimum absolute atomic E-state index is 0.00449. The summed E-state index contributed by atoms with van der Waals surface area (Å²) < 4.78 is 0.965. The summed E-state index contributed by atoms with van der Waals surface area (Å²) >= 11 is 3.36. The van der Waals surface area contributed by atoms with Crippen LogP contribution in [0.4, 0.5) is 5.69 Å². The van der Waals surface area contributed by atoms with E-state index < -0.39 is 0 Å². The SMILES string of the molecule is C/C(=C\C(=O)c1ccc(Br)cc1)Nc1cccc(C)c1. The summed E-state index contributed by atoms with van der Waals surface area (Å²) in [4.78, 5) is 12.1. The van der Waals surface area contributed by atoms with Gasteiger partial charge in [0.05, 0.1) is 0 Å². The maximum atomic E-state index is 12.1. The molecule has 0 saturated heterocycles. The van der Waals surface area contributed by atoms with Crippen LogP contribution in [0, 0.1) is 6.92 Å². The molecular weight excluding hydrogens is 314 g/mol. The highest BCUT2D eigenvalue weighted by molar-refractivity contribution is 9.10. The molecule has 0 spiro atoms. The third-order valence-corrected chi connectivity index (χ3v) is 3.36. The van der Waals surface area contributed by atoms with Crippen molar-refractivity contribution in [2.24, 2.45) is 0 Å². The van der Waals surface area contributed by atoms with Gasteiger partial charge < -0.3 is 5.32 Å². The normalized spacial score (nSPS) is 11.2. The van der Waals surface area contributed by atoms with Crippen molar-refractivity contribution in [3.05, 3.63) is 75.9 Å². The van der Waals surface area contributed by atoms with Gasteiger partial charge in [0.1, 0.15) is 0 Å². The molecule has 2 rings (SSSR count). The molecule has 2 aromatic carbocycles. The predicted octanol–water partition coefficient (Wildman–Crippen LogP) is 4.96. The maximum Gasteiger partial charge on any atom is 0.187 e. The van der Waals surface area contributed by atoms with Crippen LogP contribution < -0.4 is 5.32 Å². The minimum Gasteiger partial charge on any atom is -0.359 e. The van der Waals surface area contributed by atoms with Crippen LogP contribution in [-0.2, 0) is 0 Å². The number of halogens is 1. The fourth-order valence-corrected chi connectivity index (χ4v) is 2.15. The van der Waals surface area contributed by atoms with Gasteiger partial charge in [-0.3, -0.25) is 4.79 Å². The van der Waals surface area contributed by atoms with Crippen LogP contribution in [-0.4, -0.2) is 5.78 Å². The molecule has 0 aromatic heterocycles. The van der Waals surface area contributed by atoms with Crippen molar-refractivity contribution >= 4 is 27.4 Å². The van der Waals surface area contributed by atoms with Crippen molar-refractivity contribution in [2.45, 2.75) is 13.8 Å². The van der Waals surface area contributed by atoms with Gasteiger partial charge in [0.2, 0.25) is 0 Å². The zero-order valence-corrected chi connectivity index (χ0v) is 13.1. The Labute approximate surface area is 127 Å². The lowest BCUT2D eigenvalue weighted by Crippen LogP contribution is -2.01. The molecule has 3 heteroatoms. The van der Waals surface area contributed by atoms with Crippen molar-refractivity contribution in [3.8, 4) is 0 Å². The Morgan fingerprint density at radius 2 is 1.85 bits per heavy atom. The van der Waals surface area contributed by atoms with E-state index in [2.05, 4.69) is 21.2 Å². The van der Waals surface area contributed by atoms with Gasteiger partial charge in [-0.15, -0.1) is 0 Å². The Hall–Kier alpha value is -1.87. The average molecular weight is 330 g/mol. The number of hydrogen-bond donors (Lipinski definition) is 1. The molecular formula is C17H16BrNO. The number of anilines is 1. The lowest BCUT2D eigenvalue weighted by molar-refractivity contribution is 0.104. The number of allylic oxidation sites excluding steroid dienone is 2. The number of hydrogen-bond acceptors (Lipinski definition) is 2. The number of nitrogens with one attached hydrogen (secondary N) is 1. The van der Waals surface area contributed by atoms with Crippen molar-refractivity contribution in [3.63, 3.8) is 0 Å². The summed E-state index contributed by atoms with van der Waals surface area (Å²) in [5.74, 6) is -0.00449. The zero-order chi connectivity index (χ0) is 14.5. The van der Waals surface area contributed by atoms with Gasteiger partial charge in [-0.2, -0.15) is 0 Å². The maximum absolute atomic E-state index is 12.1. The number of aryl methyl sites for hydroxylation is 1. The molecule has 0 atom stereocenters. The standard InChI is InChI=1S/C17H16BrNO/c1-12-4-3-5-16(10-12)19-13(2)11-17(20)14-6-8-15(18)9-7-14/h3-11,19H,1-2H3/b13-11+. The second-order valence-corrected chi connectivity index (χ2v) is 5.61. The molecule has 0 radical (unpaired) electrons. The van der Waals surface area contributed by atoms with E-state index in [1.54, 1.807) is 6.08 Å². The van der Waals surface area contributed by atoms with Crippen molar-refractivity contribution in [1.29, 1.82) is 0 Å². The molecule has 0 saturated carbocycles. The lowest BCUT2D eigenvalue weighted by Gasteiger charge is -2.07. The topological polar surface area (TPSA) is 29.1 Å². The Bertz CT molecular complexity index is 644. The van der Waals surface area contributed by atoms with Gasteiger partial charge in [0.15, 0.2) is 5.78 Å². The first-order valence-corrected chi connectivity index (χ1v) is 7.16. The Kier molecular flexibility index (Phi) is 4.74. The number of ketones is 1. The first-order valence-electron chi connectivity index (χ1n) is 6.36. The molecule has 0 amide bonds. The van der Waals surface area contributed by atoms with E-state index in [4.69, 9.17) is 0 Å². The monoisotopic (exact) mass is 329 g/mol. The molecule has 0 aliphatic heterocycles. The molecule has 0 aliphatic carbocycles. The fraction of sp³-hybridized carbons (Fsp3) is 0.118. The van der Waals surface area contributed by atoms with Crippen LogP contribution >= 0.6 is 15.9 Å². The van der Waals surface area contributed by atoms with Gasteiger partial charge in [0.25, 0.3) is 0 Å². The van der Waals surface area contributed by atoms with Crippen molar-refractivity contribution in [2.75, 3.05) is 5.32 Å². The van der Waals surface area contributed by atoms with Crippen molar-refractivity contribution in [1.82, 2.24) is 0 Å². The summed E-state index contributed by atoms with van der Waals surface area (Å²) in [7, 11) is 0. The van der Waals surface area contributed by atoms with E-state index in [1.807, 2.05) is 62.4 Å². The first-order chi connectivity index (χ1) is 9.54. The van der Waals surface area contributed by atoms with Gasteiger partial charge >= 0.3 is 0 Å². The molecule has 1 N–H and O–H groups in total. The summed E-state index contributed by atoms with van der Waals surface area (Å²) in [6.07, 6.45) is 1.62. The van der Waals surface area contributed by atoms with Crippen LogP contribution in [0.2, 0.25) is 0 Å². The third kappa shape index (κ3) is 4.07. The molecule has 0 aliphatic rings. The number of benzene rings is 2. The van der Waals surface area contributed by atoms with E-state index in [0.717, 1.165) is 15.9 Å². The van der Waals surface area contributed by atoms with Gasteiger partial charge in [-0.25, -0.2) is 0 Å². The van der Waals surface area contributed by atoms with E-state index in [0.29, 0.717) is 5.56 Å². The zero-order valence-electron chi connectivity index (χ0n) is 11.5. The van der Waals surface area contributed by atoms with Gasteiger partial charge in [-0.1, -0.05) is 28.1 Å². The Morgan fingerprint density at radius 1 is 1.15 bits per heavy atom. The molecule has 0 unspecified atom stereocenters. The van der Waals surface area contributed by atoms with Gasteiger partial charge in [0, 0.05) is 27.5 Å². The molecule has 0 fully saturated rings. The first kappa shape index (κ1) is 14.5. The van der Waals surface area contributed by atoms with Crippen LogP contribution in [0.15, 0.2) is 64.8 Å². The quantitative estimate of drug-likeness (QED) is 0.634. The van der Waals surface area contributed by atoms with E-state index in [-0.39, 0.29) is 5.78 Å². The number of carbonyl (C=O) groups is 1. The highest BCUT2D eigenvalue weighted by Gasteiger charge is 2.03. The molecule has 0 bridgehead atoms. The van der Waals surface area contributed by atoms with E-state index >= 15 is 0 Å². The highest BCUT2D eigenvalue weighted by atomic mass is 79.9. The Balaban J connectivity index is 2.10. The fourth-order valence-electron chi connectivity index (χ4n) is 1.88. The second kappa shape index (κ2) is 6.53. The number of rotatable bonds is 4. The predicted molar refractivity (Wildman–Crippen MR) is 87.0 cm³/mol. The minimum atomic E-state index is -0.00449. The summed E-state index contributed by atoms with van der Waals surface area (Å²) in [6.45, 7) is 3.93. The van der Waals surface area contributed by atoms with Crippen LogP contribution in [0.25, 0.3) is 0 Å². The van der Waals surface area contributed by atoms with E-state index in [1.165, 1.54) is 5.56 Å². The molecule has 2 aromatic rings. The lowest BCUT2D eigenvalue weighted by atomic mass is 10.1. The Morgan fingerprint density at radius 3 is 2.50 bits per heavy atom. The third-order valence-electron chi connectivity index (χ3n) is 2.84. The number of carbonyl (C=O) groups excluding carboxylic acids is 1. The van der Waals surface area contributed by atoms with Crippen LogP contribution in [0.1, 0.15) is 22.8 Å². The van der Waals surface area contributed by atoms with Gasteiger partial charge in [-0.05, 0) is 55.8 Å². The molecule has 0 heterocycles. The van der Waals surface area contributed by atoms with Crippen LogP contribution in [0.3, 0.4) is 0 Å². The molecule has 102 valence electrons. The average Bonchev–Trinajstić information content (AvgIpc) is 2.39. The summed E-state index contributed by atoms with van der Waals surface area (Å²) in [6, 6.07) is 15.4. The summed E-state index contributed by atoms with van der Waals surface area (Å²) in [5, 5.41) is 3.23. The second-order valence-electron chi connectivity index (χ2n) is 4.69. The molecule has 20 heavy (non-hydrogen) atoms. The highest BCUT2D eigenvalue weighted by Crippen LogP contribution is 2.14. The largest absolute Gasteiger partial charge is 0.359 e. The van der Waals surface area contributed by atoms with Crippen LogP contribution in [0.5, 0.6) is 0 Å².